The molecule has 1 aliphatic heterocycles. The van der Waals surface area contributed by atoms with Gasteiger partial charge in [0.15, 0.2) is 0 Å². The fraction of sp³-hybridized carbons (Fsp3) is 0.0556. The molecule has 1 aliphatic rings. The van der Waals surface area contributed by atoms with Crippen LogP contribution >= 0.6 is 0 Å². The number of benzene rings is 3. The minimum Gasteiger partial charge on any atom is -0.431 e. The van der Waals surface area contributed by atoms with E-state index in [1.807, 2.05) is 48.5 Å². The third-order valence-corrected chi connectivity index (χ3v) is 3.88. The van der Waals surface area contributed by atoms with Crippen LogP contribution in [-0.2, 0) is 4.74 Å². The second-order valence-corrected chi connectivity index (χ2v) is 5.19. The minimum atomic E-state index is -0.853. The van der Waals surface area contributed by atoms with E-state index in [4.69, 9.17) is 4.74 Å². The van der Waals surface area contributed by atoms with Crippen LogP contribution in [0.4, 0.5) is 5.69 Å². The van der Waals surface area contributed by atoms with Crippen LogP contribution in [-0.4, -0.2) is 11.2 Å². The SMILES string of the molecule is O=C1O[C@H](N(O)c2ccccc2)c2cccc3cccc1c23. The quantitative estimate of drug-likeness (QED) is 0.574. The largest absolute Gasteiger partial charge is 0.431 e. The van der Waals surface area contributed by atoms with Gasteiger partial charge in [0, 0.05) is 10.9 Å². The zero-order chi connectivity index (χ0) is 15.1. The molecule has 1 heterocycles. The lowest BCUT2D eigenvalue weighted by atomic mass is 9.96. The van der Waals surface area contributed by atoms with Crippen molar-refractivity contribution >= 4 is 22.4 Å². The normalized spacial score (nSPS) is 16.4. The fourth-order valence-corrected chi connectivity index (χ4v) is 2.87. The highest BCUT2D eigenvalue weighted by molar-refractivity contribution is 6.07. The summed E-state index contributed by atoms with van der Waals surface area (Å²) in [5.74, 6) is -0.427. The van der Waals surface area contributed by atoms with Crippen LogP contribution in [0.5, 0.6) is 0 Å². The molecule has 3 aromatic carbocycles. The standard InChI is InChI=1S/C18H13NO3/c20-18-15-11-5-7-12-6-4-10-14(16(12)15)17(22-18)19(21)13-8-2-1-3-9-13/h1-11,17,21H/t17-/m0/s1. The second-order valence-electron chi connectivity index (χ2n) is 5.19. The first-order chi connectivity index (χ1) is 10.8. The minimum absolute atomic E-state index is 0.427. The lowest BCUT2D eigenvalue weighted by Crippen LogP contribution is -2.32. The van der Waals surface area contributed by atoms with Gasteiger partial charge in [-0.15, -0.1) is 0 Å². The third-order valence-electron chi connectivity index (χ3n) is 3.88. The van der Waals surface area contributed by atoms with Crippen LogP contribution in [0.1, 0.15) is 22.1 Å². The summed E-state index contributed by atoms with van der Waals surface area (Å²) in [5, 5.41) is 13.3. The first kappa shape index (κ1) is 12.9. The van der Waals surface area contributed by atoms with Gasteiger partial charge in [0.2, 0.25) is 6.23 Å². The van der Waals surface area contributed by atoms with Gasteiger partial charge in [-0.2, -0.15) is 0 Å². The van der Waals surface area contributed by atoms with Crippen LogP contribution in [0.2, 0.25) is 0 Å². The molecule has 0 saturated heterocycles. The van der Waals surface area contributed by atoms with Crippen LogP contribution in [0.25, 0.3) is 10.8 Å². The van der Waals surface area contributed by atoms with Crippen molar-refractivity contribution in [3.05, 3.63) is 77.9 Å². The second kappa shape index (κ2) is 4.86. The summed E-state index contributed by atoms with van der Waals surface area (Å²) in [6.45, 7) is 0. The monoisotopic (exact) mass is 291 g/mol. The Morgan fingerprint density at radius 3 is 2.41 bits per heavy atom. The molecule has 108 valence electrons. The molecule has 4 rings (SSSR count). The molecule has 22 heavy (non-hydrogen) atoms. The predicted molar refractivity (Wildman–Crippen MR) is 82.8 cm³/mol. The van der Waals surface area contributed by atoms with Gasteiger partial charge in [-0.1, -0.05) is 48.5 Å². The molecule has 0 radical (unpaired) electrons. The Hall–Kier alpha value is -2.85. The molecule has 0 spiro atoms. The maximum atomic E-state index is 12.3. The maximum Gasteiger partial charge on any atom is 0.341 e. The molecule has 4 heteroatoms. The molecule has 4 nitrogen and oxygen atoms in total. The van der Waals surface area contributed by atoms with E-state index < -0.39 is 12.2 Å². The maximum absolute atomic E-state index is 12.3. The molecular weight excluding hydrogens is 278 g/mol. The number of hydroxylamine groups is 1. The van der Waals surface area contributed by atoms with Crippen molar-refractivity contribution in [3.63, 3.8) is 0 Å². The van der Waals surface area contributed by atoms with Crippen molar-refractivity contribution in [2.24, 2.45) is 0 Å². The number of ether oxygens (including phenoxy) is 1. The summed E-state index contributed by atoms with van der Waals surface area (Å²) < 4.78 is 5.46. The Balaban J connectivity index is 1.90. The van der Waals surface area contributed by atoms with Crippen molar-refractivity contribution < 1.29 is 14.7 Å². The Morgan fingerprint density at radius 2 is 1.64 bits per heavy atom. The van der Waals surface area contributed by atoms with E-state index in [1.54, 1.807) is 18.2 Å². The van der Waals surface area contributed by atoms with Gasteiger partial charge >= 0.3 is 5.97 Å². The van der Waals surface area contributed by atoms with Gasteiger partial charge in [0.25, 0.3) is 0 Å². The summed E-state index contributed by atoms with van der Waals surface area (Å²) in [7, 11) is 0. The van der Waals surface area contributed by atoms with E-state index in [9.17, 15) is 10.0 Å². The highest BCUT2D eigenvalue weighted by Crippen LogP contribution is 2.37. The zero-order valence-corrected chi connectivity index (χ0v) is 11.6. The molecule has 0 unspecified atom stereocenters. The van der Waals surface area contributed by atoms with Crippen molar-refractivity contribution in [2.75, 3.05) is 5.06 Å². The van der Waals surface area contributed by atoms with Gasteiger partial charge in [-0.05, 0) is 23.6 Å². The van der Waals surface area contributed by atoms with Crippen molar-refractivity contribution in [2.45, 2.75) is 6.23 Å². The molecule has 1 N–H and O–H groups in total. The van der Waals surface area contributed by atoms with Crippen LogP contribution in [0, 0.1) is 0 Å². The van der Waals surface area contributed by atoms with Crippen molar-refractivity contribution in [3.8, 4) is 0 Å². The van der Waals surface area contributed by atoms with Crippen molar-refractivity contribution in [1.82, 2.24) is 0 Å². The highest BCUT2D eigenvalue weighted by Gasteiger charge is 2.32. The molecule has 0 bridgehead atoms. The van der Waals surface area contributed by atoms with Gasteiger partial charge < -0.3 is 4.74 Å². The average molecular weight is 291 g/mol. The number of esters is 1. The number of hydrogen-bond donors (Lipinski definition) is 1. The van der Waals surface area contributed by atoms with E-state index in [0.717, 1.165) is 21.4 Å². The number of carbonyl (C=O) groups excluding carboxylic acids is 1. The van der Waals surface area contributed by atoms with Crippen LogP contribution < -0.4 is 5.06 Å². The van der Waals surface area contributed by atoms with Crippen LogP contribution in [0.15, 0.2) is 66.7 Å². The van der Waals surface area contributed by atoms with Gasteiger partial charge in [0.05, 0.1) is 11.3 Å². The smallest absolute Gasteiger partial charge is 0.341 e. The lowest BCUT2D eigenvalue weighted by molar-refractivity contribution is 0.00127. The summed E-state index contributed by atoms with van der Waals surface area (Å²) >= 11 is 0. The number of cyclic esters (lactones) is 1. The number of nitrogens with zero attached hydrogens (tertiary/aromatic N) is 1. The molecule has 0 aliphatic carbocycles. The van der Waals surface area contributed by atoms with Crippen LogP contribution in [0.3, 0.4) is 0 Å². The topological polar surface area (TPSA) is 49.8 Å². The molecule has 0 saturated carbocycles. The Bertz CT molecular complexity index is 855. The number of anilines is 1. The van der Waals surface area contributed by atoms with E-state index in [1.165, 1.54) is 0 Å². The molecule has 0 amide bonds. The molecule has 0 fully saturated rings. The van der Waals surface area contributed by atoms with E-state index in [2.05, 4.69) is 0 Å². The number of carbonyl (C=O) groups is 1. The first-order valence-electron chi connectivity index (χ1n) is 7.01. The summed E-state index contributed by atoms with van der Waals surface area (Å²) in [6.07, 6.45) is -0.853. The molecular formula is C18H13NO3. The number of para-hydroxylation sites is 1. The summed E-state index contributed by atoms with van der Waals surface area (Å²) in [5.41, 5.74) is 1.88. The third kappa shape index (κ3) is 1.85. The predicted octanol–water partition coefficient (Wildman–Crippen LogP) is 3.90. The Labute approximate surface area is 127 Å². The number of hydrogen-bond acceptors (Lipinski definition) is 4. The van der Waals surface area contributed by atoms with Crippen molar-refractivity contribution in [1.29, 1.82) is 0 Å². The average Bonchev–Trinajstić information content (AvgIpc) is 2.58. The van der Waals surface area contributed by atoms with Gasteiger partial charge in [0.1, 0.15) is 0 Å². The van der Waals surface area contributed by atoms with E-state index in [-0.39, 0.29) is 0 Å². The molecule has 1 atom stereocenters. The Morgan fingerprint density at radius 1 is 0.909 bits per heavy atom. The van der Waals surface area contributed by atoms with Gasteiger partial charge in [-0.3, -0.25) is 5.21 Å². The molecule has 3 aromatic rings. The molecule has 0 aromatic heterocycles. The van der Waals surface area contributed by atoms with E-state index >= 15 is 0 Å². The fourth-order valence-electron chi connectivity index (χ4n) is 2.87. The zero-order valence-electron chi connectivity index (χ0n) is 11.6. The lowest BCUT2D eigenvalue weighted by Gasteiger charge is -2.31. The highest BCUT2D eigenvalue weighted by atomic mass is 16.6. The Kier molecular flexibility index (Phi) is 2.84. The van der Waals surface area contributed by atoms with E-state index in [0.29, 0.717) is 11.3 Å². The number of rotatable bonds is 2. The van der Waals surface area contributed by atoms with Gasteiger partial charge in [-0.25, -0.2) is 9.86 Å². The summed E-state index contributed by atoms with van der Waals surface area (Å²) in [4.78, 5) is 12.3. The summed E-state index contributed by atoms with van der Waals surface area (Å²) in [6, 6.07) is 20.2. The first-order valence-corrected chi connectivity index (χ1v) is 7.01.